The first-order chi connectivity index (χ1) is 9.85. The summed E-state index contributed by atoms with van der Waals surface area (Å²) in [6.07, 6.45) is 0. The lowest BCUT2D eigenvalue weighted by Crippen LogP contribution is -2.15. The fraction of sp³-hybridized carbons (Fsp3) is 0. The summed E-state index contributed by atoms with van der Waals surface area (Å²) >= 11 is 0. The van der Waals surface area contributed by atoms with Gasteiger partial charge in [-0.15, -0.1) is 0 Å². The average Bonchev–Trinajstić information content (AvgIpc) is 2.44. The second kappa shape index (κ2) is 5.38. The molecule has 8 heteroatoms. The van der Waals surface area contributed by atoms with Gasteiger partial charge in [0.15, 0.2) is 0 Å². The lowest BCUT2D eigenvalue weighted by atomic mass is 10.2. The number of sulfonamides is 1. The molecule has 0 fully saturated rings. The molecule has 0 bridgehead atoms. The highest BCUT2D eigenvalue weighted by Gasteiger charge is 2.20. The van der Waals surface area contributed by atoms with Crippen LogP contribution in [-0.2, 0) is 10.0 Å². The number of anilines is 2. The second-order valence-electron chi connectivity index (χ2n) is 4.07. The minimum Gasteiger partial charge on any atom is -0.396 e. The molecule has 21 heavy (non-hydrogen) atoms. The normalized spacial score (nSPS) is 10.9. The van der Waals surface area contributed by atoms with Crippen LogP contribution in [0.3, 0.4) is 0 Å². The molecule has 0 aromatic heterocycles. The number of rotatable bonds is 3. The number of nitrogen functional groups attached to an aromatic ring is 1. The van der Waals surface area contributed by atoms with Crippen molar-refractivity contribution in [3.8, 4) is 6.07 Å². The highest BCUT2D eigenvalue weighted by molar-refractivity contribution is 7.92. The highest BCUT2D eigenvalue weighted by atomic mass is 32.2. The van der Waals surface area contributed by atoms with E-state index in [1.165, 1.54) is 24.3 Å². The van der Waals surface area contributed by atoms with E-state index in [0.29, 0.717) is 6.07 Å². The van der Waals surface area contributed by atoms with Crippen LogP contribution in [0.5, 0.6) is 0 Å². The van der Waals surface area contributed by atoms with Crippen LogP contribution >= 0.6 is 0 Å². The van der Waals surface area contributed by atoms with Gasteiger partial charge in [0, 0.05) is 6.07 Å². The largest absolute Gasteiger partial charge is 0.396 e. The average molecular weight is 309 g/mol. The first-order valence-corrected chi connectivity index (χ1v) is 7.10. The van der Waals surface area contributed by atoms with Gasteiger partial charge in [-0.05, 0) is 18.2 Å². The van der Waals surface area contributed by atoms with Crippen LogP contribution < -0.4 is 10.5 Å². The smallest absolute Gasteiger partial charge is 0.263 e. The maximum absolute atomic E-state index is 13.6. The van der Waals surface area contributed by atoms with Gasteiger partial charge in [-0.25, -0.2) is 17.2 Å². The van der Waals surface area contributed by atoms with Crippen LogP contribution in [0.1, 0.15) is 5.56 Å². The van der Waals surface area contributed by atoms with E-state index in [-0.39, 0.29) is 10.5 Å². The van der Waals surface area contributed by atoms with Gasteiger partial charge in [0.1, 0.15) is 22.6 Å². The van der Waals surface area contributed by atoms with Crippen LogP contribution in [0.25, 0.3) is 0 Å². The Balaban J connectivity index is 2.48. The molecule has 0 aliphatic heterocycles. The molecule has 3 N–H and O–H groups in total. The van der Waals surface area contributed by atoms with E-state index in [4.69, 9.17) is 11.0 Å². The van der Waals surface area contributed by atoms with Gasteiger partial charge in [0.05, 0.1) is 16.9 Å². The molecule has 0 spiro atoms. The second-order valence-corrected chi connectivity index (χ2v) is 5.72. The summed E-state index contributed by atoms with van der Waals surface area (Å²) in [4.78, 5) is -0.310. The van der Waals surface area contributed by atoms with Gasteiger partial charge in [-0.3, -0.25) is 4.72 Å². The Morgan fingerprint density at radius 2 is 1.81 bits per heavy atom. The summed E-state index contributed by atoms with van der Waals surface area (Å²) in [5, 5.41) is 8.90. The van der Waals surface area contributed by atoms with Crippen molar-refractivity contribution in [2.24, 2.45) is 0 Å². The van der Waals surface area contributed by atoms with Crippen molar-refractivity contribution in [1.82, 2.24) is 0 Å². The Labute approximate surface area is 119 Å². The van der Waals surface area contributed by atoms with Gasteiger partial charge >= 0.3 is 0 Å². The summed E-state index contributed by atoms with van der Waals surface area (Å²) < 4.78 is 52.9. The van der Waals surface area contributed by atoms with Crippen LogP contribution in [0.15, 0.2) is 41.3 Å². The number of nitriles is 1. The number of halogens is 2. The molecule has 0 saturated heterocycles. The molecule has 0 unspecified atom stereocenters. The topological polar surface area (TPSA) is 96.0 Å². The molecule has 0 saturated carbocycles. The molecule has 0 radical (unpaired) electrons. The predicted molar refractivity (Wildman–Crippen MR) is 72.7 cm³/mol. The summed E-state index contributed by atoms with van der Waals surface area (Å²) in [5.74, 6) is -2.10. The number of hydrogen-bond donors (Lipinski definition) is 2. The van der Waals surface area contributed by atoms with Gasteiger partial charge in [-0.2, -0.15) is 5.26 Å². The Morgan fingerprint density at radius 1 is 1.14 bits per heavy atom. The van der Waals surface area contributed by atoms with Crippen molar-refractivity contribution < 1.29 is 17.2 Å². The Morgan fingerprint density at radius 3 is 2.48 bits per heavy atom. The van der Waals surface area contributed by atoms with Crippen LogP contribution in [-0.4, -0.2) is 8.42 Å². The Bertz CT molecular complexity index is 845. The van der Waals surface area contributed by atoms with Crippen molar-refractivity contribution >= 4 is 21.4 Å². The molecular weight excluding hydrogens is 300 g/mol. The molecule has 2 rings (SSSR count). The maximum Gasteiger partial charge on any atom is 0.263 e. The fourth-order valence-electron chi connectivity index (χ4n) is 1.64. The zero-order valence-electron chi connectivity index (χ0n) is 10.5. The van der Waals surface area contributed by atoms with E-state index >= 15 is 0 Å². The number of benzene rings is 2. The Hall–Kier alpha value is -2.66. The zero-order valence-corrected chi connectivity index (χ0v) is 11.3. The molecule has 0 amide bonds. The molecular formula is C13H9F2N3O2S. The van der Waals surface area contributed by atoms with Crippen molar-refractivity contribution in [2.45, 2.75) is 4.90 Å². The number of nitrogens with zero attached hydrogens (tertiary/aromatic N) is 1. The number of hydrogen-bond acceptors (Lipinski definition) is 4. The van der Waals surface area contributed by atoms with Crippen molar-refractivity contribution in [1.29, 1.82) is 5.26 Å². The first kappa shape index (κ1) is 14.7. The first-order valence-electron chi connectivity index (χ1n) is 5.61. The van der Waals surface area contributed by atoms with Gasteiger partial charge in [0.25, 0.3) is 10.0 Å². The fourth-order valence-corrected chi connectivity index (χ4v) is 2.85. The summed E-state index contributed by atoms with van der Waals surface area (Å²) in [7, 11) is -4.20. The number of nitrogens with one attached hydrogen (secondary N) is 1. The molecule has 0 aliphatic rings. The van der Waals surface area contributed by atoms with E-state index in [1.54, 1.807) is 6.07 Å². The van der Waals surface area contributed by atoms with Crippen molar-refractivity contribution in [3.63, 3.8) is 0 Å². The van der Waals surface area contributed by atoms with Crippen LogP contribution in [0.4, 0.5) is 20.2 Å². The minimum absolute atomic E-state index is 0.0968. The van der Waals surface area contributed by atoms with Crippen molar-refractivity contribution in [2.75, 3.05) is 10.5 Å². The number of nitrogens with two attached hydrogens (primary N) is 1. The molecule has 2 aromatic carbocycles. The van der Waals surface area contributed by atoms with Crippen LogP contribution in [0, 0.1) is 23.0 Å². The SMILES string of the molecule is N#Cc1ccccc1S(=O)(=O)Nc1cc(N)c(F)cc1F. The highest BCUT2D eigenvalue weighted by Crippen LogP contribution is 2.25. The van der Waals surface area contributed by atoms with E-state index in [0.717, 1.165) is 6.07 Å². The predicted octanol–water partition coefficient (Wildman–Crippen LogP) is 2.22. The molecule has 0 heterocycles. The monoisotopic (exact) mass is 309 g/mol. The molecule has 2 aromatic rings. The zero-order chi connectivity index (χ0) is 15.6. The summed E-state index contributed by atoms with van der Waals surface area (Å²) in [5.41, 5.74) is 4.28. The standard InChI is InChI=1S/C13H9F2N3O2S/c14-9-5-10(15)12(6-11(9)17)18-21(19,20)13-4-2-1-3-8(13)7-16/h1-6,18H,17H2. The molecule has 108 valence electrons. The third kappa shape index (κ3) is 2.93. The van der Waals surface area contributed by atoms with E-state index < -0.39 is 33.0 Å². The molecule has 0 atom stereocenters. The molecule has 0 aliphatic carbocycles. The summed E-state index contributed by atoms with van der Waals surface area (Å²) in [6.45, 7) is 0. The summed E-state index contributed by atoms with van der Waals surface area (Å²) in [6, 6.07) is 8.46. The van der Waals surface area contributed by atoms with E-state index in [1.807, 2.05) is 4.72 Å². The van der Waals surface area contributed by atoms with Gasteiger partial charge in [-0.1, -0.05) is 12.1 Å². The third-order valence-electron chi connectivity index (χ3n) is 2.63. The maximum atomic E-state index is 13.6. The van der Waals surface area contributed by atoms with Crippen molar-refractivity contribution in [3.05, 3.63) is 53.6 Å². The lowest BCUT2D eigenvalue weighted by Gasteiger charge is -2.11. The molecule has 5 nitrogen and oxygen atoms in total. The van der Waals surface area contributed by atoms with Gasteiger partial charge in [0.2, 0.25) is 0 Å². The Kier molecular flexibility index (Phi) is 3.78. The quantitative estimate of drug-likeness (QED) is 0.850. The van der Waals surface area contributed by atoms with Gasteiger partial charge < -0.3 is 5.73 Å². The minimum atomic E-state index is -4.20. The third-order valence-corrected chi connectivity index (χ3v) is 4.05. The lowest BCUT2D eigenvalue weighted by molar-refractivity contribution is 0.585. The van der Waals surface area contributed by atoms with E-state index in [2.05, 4.69) is 0 Å². The van der Waals surface area contributed by atoms with E-state index in [9.17, 15) is 17.2 Å². The van der Waals surface area contributed by atoms with Crippen LogP contribution in [0.2, 0.25) is 0 Å².